The number of hydrogen-bond acceptors (Lipinski definition) is 5. The highest BCUT2D eigenvalue weighted by molar-refractivity contribution is 7.99. The molecule has 1 amide bonds. The lowest BCUT2D eigenvalue weighted by Gasteiger charge is -2.33. The summed E-state index contributed by atoms with van der Waals surface area (Å²) in [6.07, 6.45) is 6.06. The fourth-order valence-electron chi connectivity index (χ4n) is 2.69. The molecule has 0 atom stereocenters. The minimum Gasteiger partial charge on any atom is -0.368 e. The van der Waals surface area contributed by atoms with E-state index in [9.17, 15) is 4.79 Å². The van der Waals surface area contributed by atoms with Crippen LogP contribution in [0, 0.1) is 0 Å². The van der Waals surface area contributed by atoms with Gasteiger partial charge in [-0.2, -0.15) is 0 Å². The van der Waals surface area contributed by atoms with Crippen molar-refractivity contribution >= 4 is 23.6 Å². The fourth-order valence-corrected chi connectivity index (χ4v) is 3.50. The summed E-state index contributed by atoms with van der Waals surface area (Å²) in [4.78, 5) is 14.4. The summed E-state index contributed by atoms with van der Waals surface area (Å²) in [6, 6.07) is 0.423. The second-order valence-electron chi connectivity index (χ2n) is 5.16. The van der Waals surface area contributed by atoms with Crippen molar-refractivity contribution in [2.24, 2.45) is 7.05 Å². The van der Waals surface area contributed by atoms with Crippen LogP contribution in [0.5, 0.6) is 0 Å². The molecule has 1 aromatic rings. The first kappa shape index (κ1) is 15.2. The molecule has 1 aliphatic carbocycles. The third kappa shape index (κ3) is 3.45. The Morgan fingerprint density at radius 2 is 2.10 bits per heavy atom. The maximum atomic E-state index is 12.4. The molecule has 0 saturated heterocycles. The average Bonchev–Trinajstić information content (AvgIpc) is 2.78. The smallest absolute Gasteiger partial charge is 0.233 e. The largest absolute Gasteiger partial charge is 0.368 e. The second-order valence-corrected chi connectivity index (χ2v) is 6.10. The zero-order valence-electron chi connectivity index (χ0n) is 12.2. The van der Waals surface area contributed by atoms with E-state index in [2.05, 4.69) is 17.1 Å². The number of nitrogen functional groups attached to an aromatic ring is 1. The van der Waals surface area contributed by atoms with E-state index in [4.69, 9.17) is 5.73 Å². The lowest BCUT2D eigenvalue weighted by Crippen LogP contribution is -2.42. The molecule has 112 valence electrons. The van der Waals surface area contributed by atoms with Crippen LogP contribution in [0.3, 0.4) is 0 Å². The van der Waals surface area contributed by atoms with Crippen molar-refractivity contribution in [3.8, 4) is 0 Å². The quantitative estimate of drug-likeness (QED) is 0.837. The van der Waals surface area contributed by atoms with E-state index >= 15 is 0 Å². The third-order valence-corrected chi connectivity index (χ3v) is 4.87. The average molecular weight is 297 g/mol. The number of hydrogen-bond donors (Lipinski definition) is 1. The zero-order chi connectivity index (χ0) is 14.5. The van der Waals surface area contributed by atoms with Gasteiger partial charge in [0.2, 0.25) is 11.9 Å². The molecular formula is C13H23N5OS. The minimum absolute atomic E-state index is 0.186. The van der Waals surface area contributed by atoms with Crippen LogP contribution in [-0.2, 0) is 11.8 Å². The Balaban J connectivity index is 1.90. The van der Waals surface area contributed by atoms with Crippen LogP contribution in [0.15, 0.2) is 5.16 Å². The highest BCUT2D eigenvalue weighted by atomic mass is 32.2. The molecule has 0 aromatic carbocycles. The Kier molecular flexibility index (Phi) is 5.28. The summed E-state index contributed by atoms with van der Waals surface area (Å²) in [5, 5.41) is 8.45. The van der Waals surface area contributed by atoms with E-state index in [-0.39, 0.29) is 5.91 Å². The summed E-state index contributed by atoms with van der Waals surface area (Å²) in [5.74, 6) is 0.960. The molecule has 2 N–H and O–H groups in total. The lowest BCUT2D eigenvalue weighted by atomic mass is 9.94. The first-order chi connectivity index (χ1) is 9.63. The van der Waals surface area contributed by atoms with Crippen LogP contribution in [0.4, 0.5) is 5.95 Å². The first-order valence-electron chi connectivity index (χ1n) is 7.20. The molecule has 1 aliphatic rings. The molecule has 0 unspecified atom stereocenters. The minimum atomic E-state index is 0.186. The number of nitrogens with two attached hydrogens (primary N) is 1. The molecule has 1 aromatic heterocycles. The van der Waals surface area contributed by atoms with Crippen LogP contribution in [0.1, 0.15) is 39.0 Å². The summed E-state index contributed by atoms with van der Waals surface area (Å²) in [5.41, 5.74) is 5.63. The Morgan fingerprint density at radius 3 is 2.65 bits per heavy atom. The Morgan fingerprint density at radius 1 is 1.40 bits per heavy atom. The van der Waals surface area contributed by atoms with E-state index in [0.29, 0.717) is 22.9 Å². The Labute approximate surface area is 124 Å². The lowest BCUT2D eigenvalue weighted by molar-refractivity contribution is -0.131. The molecule has 6 nitrogen and oxygen atoms in total. The number of carbonyl (C=O) groups is 1. The van der Waals surface area contributed by atoms with Crippen LogP contribution in [0.25, 0.3) is 0 Å². The molecule has 0 bridgehead atoms. The zero-order valence-corrected chi connectivity index (χ0v) is 13.0. The maximum Gasteiger partial charge on any atom is 0.233 e. The molecule has 1 heterocycles. The van der Waals surface area contributed by atoms with E-state index in [0.717, 1.165) is 19.4 Å². The number of thioether (sulfide) groups is 1. The van der Waals surface area contributed by atoms with Gasteiger partial charge in [-0.1, -0.05) is 31.0 Å². The molecular weight excluding hydrogens is 274 g/mol. The van der Waals surface area contributed by atoms with Crippen LogP contribution in [0.2, 0.25) is 0 Å². The monoisotopic (exact) mass is 297 g/mol. The van der Waals surface area contributed by atoms with Gasteiger partial charge < -0.3 is 10.6 Å². The summed E-state index contributed by atoms with van der Waals surface area (Å²) < 4.78 is 1.70. The van der Waals surface area contributed by atoms with Crippen LogP contribution < -0.4 is 5.73 Å². The molecule has 0 spiro atoms. The van der Waals surface area contributed by atoms with Crippen molar-refractivity contribution in [2.45, 2.75) is 50.2 Å². The van der Waals surface area contributed by atoms with Crippen molar-refractivity contribution in [3.63, 3.8) is 0 Å². The van der Waals surface area contributed by atoms with Crippen LogP contribution in [-0.4, -0.2) is 43.9 Å². The predicted molar refractivity (Wildman–Crippen MR) is 80.4 cm³/mol. The van der Waals surface area contributed by atoms with Crippen molar-refractivity contribution in [2.75, 3.05) is 18.0 Å². The van der Waals surface area contributed by atoms with Crippen molar-refractivity contribution in [3.05, 3.63) is 0 Å². The number of rotatable bonds is 5. The number of anilines is 1. The predicted octanol–water partition coefficient (Wildman–Crippen LogP) is 1.67. The molecule has 0 radical (unpaired) electrons. The molecule has 7 heteroatoms. The van der Waals surface area contributed by atoms with Gasteiger partial charge in [0.15, 0.2) is 5.16 Å². The van der Waals surface area contributed by atoms with Gasteiger partial charge in [0.1, 0.15) is 0 Å². The number of aromatic nitrogens is 3. The normalized spacial score (nSPS) is 16.3. The van der Waals surface area contributed by atoms with Gasteiger partial charge in [0.05, 0.1) is 5.75 Å². The SMILES string of the molecule is CCN(C(=O)CSc1nnc(N)n1C)C1CCCCC1. The number of carbonyl (C=O) groups excluding carboxylic acids is 1. The van der Waals surface area contributed by atoms with Gasteiger partial charge in [0.25, 0.3) is 0 Å². The highest BCUT2D eigenvalue weighted by Crippen LogP contribution is 2.24. The standard InChI is InChI=1S/C13H23N5OS/c1-3-18(10-7-5-4-6-8-10)11(19)9-20-13-16-15-12(14)17(13)2/h10H,3-9H2,1-2H3,(H2,14,15). The van der Waals surface area contributed by atoms with Gasteiger partial charge >= 0.3 is 0 Å². The van der Waals surface area contributed by atoms with Crippen molar-refractivity contribution in [1.82, 2.24) is 19.7 Å². The van der Waals surface area contributed by atoms with Gasteiger partial charge in [-0.15, -0.1) is 10.2 Å². The van der Waals surface area contributed by atoms with Crippen molar-refractivity contribution < 1.29 is 4.79 Å². The molecule has 0 aliphatic heterocycles. The molecule has 2 rings (SSSR count). The highest BCUT2D eigenvalue weighted by Gasteiger charge is 2.24. The van der Waals surface area contributed by atoms with Gasteiger partial charge in [-0.25, -0.2) is 0 Å². The summed E-state index contributed by atoms with van der Waals surface area (Å²) >= 11 is 1.40. The summed E-state index contributed by atoms with van der Waals surface area (Å²) in [6.45, 7) is 2.84. The number of nitrogens with zero attached hydrogens (tertiary/aromatic N) is 4. The molecule has 1 saturated carbocycles. The maximum absolute atomic E-state index is 12.4. The third-order valence-electron chi connectivity index (χ3n) is 3.87. The Hall–Kier alpha value is -1.24. The fraction of sp³-hybridized carbons (Fsp3) is 0.769. The second kappa shape index (κ2) is 6.97. The van der Waals surface area contributed by atoms with Gasteiger partial charge in [-0.3, -0.25) is 9.36 Å². The van der Waals surface area contributed by atoms with Gasteiger partial charge in [0, 0.05) is 19.6 Å². The molecule has 20 heavy (non-hydrogen) atoms. The van der Waals surface area contributed by atoms with E-state index in [1.54, 1.807) is 11.6 Å². The van der Waals surface area contributed by atoms with Gasteiger partial charge in [-0.05, 0) is 19.8 Å². The van der Waals surface area contributed by atoms with E-state index in [1.165, 1.54) is 31.0 Å². The summed E-state index contributed by atoms with van der Waals surface area (Å²) in [7, 11) is 1.81. The number of amides is 1. The van der Waals surface area contributed by atoms with Crippen LogP contribution >= 0.6 is 11.8 Å². The Bertz CT molecular complexity index is 456. The van der Waals surface area contributed by atoms with E-state index in [1.807, 2.05) is 4.90 Å². The van der Waals surface area contributed by atoms with Crippen molar-refractivity contribution in [1.29, 1.82) is 0 Å². The van der Waals surface area contributed by atoms with E-state index < -0.39 is 0 Å². The topological polar surface area (TPSA) is 77.0 Å². The molecule has 1 fully saturated rings. The first-order valence-corrected chi connectivity index (χ1v) is 8.19.